The van der Waals surface area contributed by atoms with Crippen molar-refractivity contribution < 1.29 is 23.4 Å². The van der Waals surface area contributed by atoms with Crippen LogP contribution in [0.1, 0.15) is 30.9 Å². The summed E-state index contributed by atoms with van der Waals surface area (Å²) in [6, 6.07) is 2.24. The predicted octanol–water partition coefficient (Wildman–Crippen LogP) is 3.34. The summed E-state index contributed by atoms with van der Waals surface area (Å²) < 4.78 is 32.3. The Morgan fingerprint density at radius 1 is 1.45 bits per heavy atom. The Balaban J connectivity index is 2.47. The zero-order valence-corrected chi connectivity index (χ0v) is 12.4. The molecule has 0 saturated heterocycles. The first-order valence-electron chi connectivity index (χ1n) is 7.04. The first kappa shape index (κ1) is 16.1. The second-order valence-electron chi connectivity index (χ2n) is 5.03. The van der Waals surface area contributed by atoms with Crippen LogP contribution >= 0.6 is 0 Å². The first-order valence-corrected chi connectivity index (χ1v) is 7.04. The second kappa shape index (κ2) is 6.68. The summed E-state index contributed by atoms with van der Waals surface area (Å²) in [5, 5.41) is 10.2. The molecule has 0 amide bonds. The quantitative estimate of drug-likeness (QED) is 0.393. The van der Waals surface area contributed by atoms with Crippen molar-refractivity contribution in [2.24, 2.45) is 4.99 Å². The molecule has 1 fully saturated rings. The number of carbonyl (C=O) groups excluding carboxylic acids is 1. The average molecular weight is 309 g/mol. The van der Waals surface area contributed by atoms with E-state index in [1.807, 2.05) is 0 Å². The van der Waals surface area contributed by atoms with Gasteiger partial charge in [0.05, 0.1) is 18.2 Å². The smallest absolute Gasteiger partial charge is 0.343 e. The van der Waals surface area contributed by atoms with Gasteiger partial charge in [0.25, 0.3) is 0 Å². The van der Waals surface area contributed by atoms with Crippen LogP contribution < -0.4 is 0 Å². The topological polar surface area (TPSA) is 58.9 Å². The zero-order chi connectivity index (χ0) is 16.3. The van der Waals surface area contributed by atoms with Crippen LogP contribution in [0.4, 0.5) is 8.78 Å². The normalized spacial score (nSPS) is 15.8. The number of rotatable bonds is 5. The van der Waals surface area contributed by atoms with Crippen molar-refractivity contribution in [3.8, 4) is 0 Å². The zero-order valence-electron chi connectivity index (χ0n) is 12.4. The summed E-state index contributed by atoms with van der Waals surface area (Å²) in [6.45, 7) is 2.98. The number of aliphatic hydroxyl groups is 1. The Bertz CT molecular complexity index is 649. The van der Waals surface area contributed by atoms with Crippen LogP contribution in [0.25, 0.3) is 5.76 Å². The van der Waals surface area contributed by atoms with Crippen molar-refractivity contribution in [2.75, 3.05) is 6.61 Å². The number of nitrogens with zero attached hydrogens (tertiary/aromatic N) is 1. The maximum Gasteiger partial charge on any atom is 0.343 e. The number of hydrogen-bond acceptors (Lipinski definition) is 4. The summed E-state index contributed by atoms with van der Waals surface area (Å²) in [4.78, 5) is 16.0. The Hall–Kier alpha value is -2.24. The average Bonchev–Trinajstić information content (AvgIpc) is 3.29. The van der Waals surface area contributed by atoms with E-state index < -0.39 is 23.4 Å². The lowest BCUT2D eigenvalue weighted by atomic mass is 10.0. The molecule has 2 rings (SSSR count). The number of hydrogen-bond donors (Lipinski definition) is 1. The van der Waals surface area contributed by atoms with Gasteiger partial charge in [-0.1, -0.05) is 0 Å². The summed E-state index contributed by atoms with van der Waals surface area (Å²) >= 11 is 0. The Morgan fingerprint density at radius 3 is 2.73 bits per heavy atom. The molecule has 0 aliphatic heterocycles. The molecule has 1 aliphatic rings. The molecule has 4 nitrogen and oxygen atoms in total. The molecule has 1 aromatic carbocycles. The molecule has 0 bridgehead atoms. The highest BCUT2D eigenvalue weighted by Gasteiger charge is 2.23. The molecule has 0 aromatic heterocycles. The van der Waals surface area contributed by atoms with E-state index in [1.165, 1.54) is 13.1 Å². The highest BCUT2D eigenvalue weighted by atomic mass is 19.1. The molecule has 6 heteroatoms. The number of aliphatic hydroxyl groups excluding tert-OH is 1. The summed E-state index contributed by atoms with van der Waals surface area (Å²) in [5.41, 5.74) is -0.728. The number of benzene rings is 1. The number of carbonyl (C=O) groups is 1. The van der Waals surface area contributed by atoms with Crippen LogP contribution in [0.2, 0.25) is 0 Å². The second-order valence-corrected chi connectivity index (χ2v) is 5.03. The third kappa shape index (κ3) is 3.50. The Kier molecular flexibility index (Phi) is 4.90. The third-order valence-corrected chi connectivity index (χ3v) is 3.29. The van der Waals surface area contributed by atoms with Gasteiger partial charge in [0.2, 0.25) is 0 Å². The van der Waals surface area contributed by atoms with Crippen molar-refractivity contribution in [3.63, 3.8) is 0 Å². The fourth-order valence-electron chi connectivity index (χ4n) is 1.81. The van der Waals surface area contributed by atoms with Crippen molar-refractivity contribution in [1.29, 1.82) is 0 Å². The fourth-order valence-corrected chi connectivity index (χ4v) is 1.81. The van der Waals surface area contributed by atoms with Gasteiger partial charge in [0.1, 0.15) is 23.0 Å². The van der Waals surface area contributed by atoms with Crippen LogP contribution in [-0.4, -0.2) is 29.9 Å². The minimum absolute atomic E-state index is 0.109. The van der Waals surface area contributed by atoms with E-state index in [0.29, 0.717) is 0 Å². The van der Waals surface area contributed by atoms with Crippen LogP contribution in [0.3, 0.4) is 0 Å². The van der Waals surface area contributed by atoms with Gasteiger partial charge in [-0.15, -0.1) is 0 Å². The molecule has 0 spiro atoms. The predicted molar refractivity (Wildman–Crippen MR) is 78.8 cm³/mol. The minimum Gasteiger partial charge on any atom is -0.506 e. The number of esters is 1. The molecule has 1 N–H and O–H groups in total. The van der Waals surface area contributed by atoms with Crippen molar-refractivity contribution in [1.82, 2.24) is 0 Å². The monoisotopic (exact) mass is 309 g/mol. The van der Waals surface area contributed by atoms with Crippen LogP contribution in [0, 0.1) is 18.6 Å². The molecule has 1 saturated carbocycles. The molecule has 0 heterocycles. The van der Waals surface area contributed by atoms with Crippen molar-refractivity contribution >= 4 is 17.9 Å². The van der Waals surface area contributed by atoms with Gasteiger partial charge in [0, 0.05) is 11.8 Å². The fraction of sp³-hybridized carbons (Fsp3) is 0.375. The van der Waals surface area contributed by atoms with E-state index in [1.54, 1.807) is 6.92 Å². The van der Waals surface area contributed by atoms with Crippen LogP contribution in [0.5, 0.6) is 0 Å². The molecule has 1 aliphatic carbocycles. The molecule has 118 valence electrons. The van der Waals surface area contributed by atoms with Gasteiger partial charge in [-0.2, -0.15) is 0 Å². The van der Waals surface area contributed by atoms with Crippen molar-refractivity contribution in [2.45, 2.75) is 32.7 Å². The molecular weight excluding hydrogens is 292 g/mol. The van der Waals surface area contributed by atoms with Gasteiger partial charge in [0.15, 0.2) is 0 Å². The van der Waals surface area contributed by atoms with E-state index in [4.69, 9.17) is 4.74 Å². The lowest BCUT2D eigenvalue weighted by Crippen LogP contribution is -2.12. The van der Waals surface area contributed by atoms with E-state index >= 15 is 0 Å². The van der Waals surface area contributed by atoms with Crippen LogP contribution in [-0.2, 0) is 9.53 Å². The lowest BCUT2D eigenvalue weighted by molar-refractivity contribution is -0.137. The maximum absolute atomic E-state index is 14.1. The number of ether oxygens (including phenoxy) is 1. The van der Waals surface area contributed by atoms with Crippen LogP contribution in [0.15, 0.2) is 22.7 Å². The highest BCUT2D eigenvalue weighted by molar-refractivity contribution is 6.15. The number of halogens is 2. The Labute approximate surface area is 127 Å². The maximum atomic E-state index is 14.1. The Morgan fingerprint density at radius 2 is 2.14 bits per heavy atom. The van der Waals surface area contributed by atoms with Gasteiger partial charge >= 0.3 is 5.97 Å². The first-order chi connectivity index (χ1) is 10.5. The largest absolute Gasteiger partial charge is 0.506 e. The summed E-state index contributed by atoms with van der Waals surface area (Å²) in [7, 11) is 0. The SMILES string of the molecule is CCOC(=O)/C(C=NC1CC1)=C(/O)c1ccc(F)c(C)c1F. The van der Waals surface area contributed by atoms with E-state index in [-0.39, 0.29) is 29.3 Å². The van der Waals surface area contributed by atoms with E-state index in [9.17, 15) is 18.7 Å². The molecule has 0 unspecified atom stereocenters. The minimum atomic E-state index is -0.917. The van der Waals surface area contributed by atoms with Gasteiger partial charge < -0.3 is 9.84 Å². The number of aliphatic imine (C=N–C) groups is 1. The summed E-state index contributed by atoms with van der Waals surface area (Å²) in [6.07, 6.45) is 3.03. The third-order valence-electron chi connectivity index (χ3n) is 3.29. The lowest BCUT2D eigenvalue weighted by Gasteiger charge is -2.09. The molecule has 22 heavy (non-hydrogen) atoms. The van der Waals surface area contributed by atoms with E-state index in [0.717, 1.165) is 25.0 Å². The standard InChI is InChI=1S/C16H17F2NO3/c1-3-22-16(21)12(8-19-10-4-5-10)15(20)11-6-7-13(17)9(2)14(11)18/h6-8,10,20H,3-5H2,1-2H3/b15-12+,19-8?. The molecule has 0 atom stereocenters. The van der Waals surface area contributed by atoms with Gasteiger partial charge in [-0.25, -0.2) is 13.6 Å². The highest BCUT2D eigenvalue weighted by Crippen LogP contribution is 2.26. The summed E-state index contributed by atoms with van der Waals surface area (Å²) in [5.74, 6) is -3.05. The molecular formula is C16H17F2NO3. The van der Waals surface area contributed by atoms with Gasteiger partial charge in [-0.3, -0.25) is 4.99 Å². The molecule has 1 aromatic rings. The molecule has 0 radical (unpaired) electrons. The van der Waals surface area contributed by atoms with Crippen molar-refractivity contribution in [3.05, 3.63) is 40.5 Å². The van der Waals surface area contributed by atoms with Gasteiger partial charge in [-0.05, 0) is 38.8 Å². The van der Waals surface area contributed by atoms with E-state index in [2.05, 4.69) is 4.99 Å².